The van der Waals surface area contributed by atoms with Gasteiger partial charge in [-0.1, -0.05) is 0 Å². The number of likely N-dealkylation sites (tertiary alicyclic amines) is 1. The lowest BCUT2D eigenvalue weighted by molar-refractivity contribution is -0.137. The van der Waals surface area contributed by atoms with Crippen molar-refractivity contribution in [2.45, 2.75) is 84.9 Å². The van der Waals surface area contributed by atoms with Gasteiger partial charge in [0.1, 0.15) is 5.50 Å². The monoisotopic (exact) mass is 591 g/mol. The van der Waals surface area contributed by atoms with Crippen molar-refractivity contribution in [3.8, 4) is 0 Å². The lowest BCUT2D eigenvalue weighted by Gasteiger charge is -2.45. The van der Waals surface area contributed by atoms with Crippen molar-refractivity contribution in [3.05, 3.63) is 0 Å². The molecule has 5 rings (SSSR count). The Morgan fingerprint density at radius 3 is 2.50 bits per heavy atom. The molecule has 1 aliphatic carbocycles. The molecule has 2 amide bonds. The van der Waals surface area contributed by atoms with Crippen molar-refractivity contribution in [3.63, 3.8) is 0 Å². The molecule has 12 unspecified atom stereocenters. The van der Waals surface area contributed by atoms with Gasteiger partial charge in [-0.3, -0.25) is 20.2 Å². The summed E-state index contributed by atoms with van der Waals surface area (Å²) in [6.45, 7) is 4.87. The Kier molecular flexibility index (Phi) is 9.73. The van der Waals surface area contributed by atoms with Crippen molar-refractivity contribution in [1.82, 2.24) is 26.2 Å². The van der Waals surface area contributed by atoms with E-state index in [-0.39, 0.29) is 75.4 Å². The van der Waals surface area contributed by atoms with Crippen LogP contribution in [-0.2, 0) is 19.1 Å². The topological polar surface area (TPSA) is 104 Å². The SMILES string of the molecule is COC1CCCC(C(=O)N2CC3NC(NC(=O)C4CNC(C)CC4C4CC(Cl)NCC4OC)SC3C2)C1Cl. The number of ether oxygens (including phenoxy) is 2. The number of amides is 2. The summed E-state index contributed by atoms with van der Waals surface area (Å²) in [6.07, 6.45) is 4.39. The molecule has 0 aromatic carbocycles. The first-order valence-electron chi connectivity index (χ1n) is 14.1. The number of carbonyl (C=O) groups excluding carboxylic acids is 2. The number of methoxy groups -OCH3 is 2. The number of halogens is 2. The molecule has 9 nitrogen and oxygen atoms in total. The highest BCUT2D eigenvalue weighted by molar-refractivity contribution is 8.00. The van der Waals surface area contributed by atoms with E-state index in [0.29, 0.717) is 32.2 Å². The van der Waals surface area contributed by atoms with Crippen LogP contribution in [0.1, 0.15) is 39.0 Å². The van der Waals surface area contributed by atoms with E-state index in [9.17, 15) is 9.59 Å². The molecule has 0 aromatic heterocycles. The molecule has 216 valence electrons. The molecule has 4 saturated heterocycles. The number of hydrogen-bond acceptors (Lipinski definition) is 8. The van der Waals surface area contributed by atoms with Gasteiger partial charge in [0.05, 0.1) is 34.9 Å². The fourth-order valence-electron chi connectivity index (χ4n) is 7.30. The molecule has 4 heterocycles. The van der Waals surface area contributed by atoms with Crippen molar-refractivity contribution in [1.29, 1.82) is 0 Å². The number of carbonyl (C=O) groups is 2. The number of rotatable bonds is 6. The largest absolute Gasteiger partial charge is 0.380 e. The molecular weight excluding hydrogens is 549 g/mol. The van der Waals surface area contributed by atoms with Crippen molar-refractivity contribution >= 4 is 46.8 Å². The molecule has 0 bridgehead atoms. The first kappa shape index (κ1) is 29.2. The molecule has 38 heavy (non-hydrogen) atoms. The van der Waals surface area contributed by atoms with E-state index in [1.807, 2.05) is 4.90 Å². The summed E-state index contributed by atoms with van der Waals surface area (Å²) in [5, 5.41) is 13.6. The highest BCUT2D eigenvalue weighted by atomic mass is 35.5. The van der Waals surface area contributed by atoms with Crippen LogP contribution in [0, 0.1) is 23.7 Å². The fraction of sp³-hybridized carbons (Fsp3) is 0.923. The first-order valence-corrected chi connectivity index (χ1v) is 15.9. The first-order chi connectivity index (χ1) is 18.3. The highest BCUT2D eigenvalue weighted by Crippen LogP contribution is 2.39. The third-order valence-electron chi connectivity index (χ3n) is 9.41. The number of piperidine rings is 2. The summed E-state index contributed by atoms with van der Waals surface area (Å²) < 4.78 is 11.3. The van der Waals surface area contributed by atoms with Crippen LogP contribution >= 0.6 is 35.0 Å². The quantitative estimate of drug-likeness (QED) is 0.272. The molecule has 12 atom stereocenters. The van der Waals surface area contributed by atoms with Crippen LogP contribution < -0.4 is 21.3 Å². The minimum atomic E-state index is -0.277. The van der Waals surface area contributed by atoms with Crippen LogP contribution in [-0.4, -0.2) is 103 Å². The molecule has 1 saturated carbocycles. The zero-order chi connectivity index (χ0) is 27.0. The molecule has 12 heteroatoms. The van der Waals surface area contributed by atoms with Crippen molar-refractivity contribution < 1.29 is 19.1 Å². The minimum absolute atomic E-state index is 0.0494. The predicted octanol–water partition coefficient (Wildman–Crippen LogP) is 1.53. The average Bonchev–Trinajstić information content (AvgIpc) is 3.47. The zero-order valence-corrected chi connectivity index (χ0v) is 24.9. The van der Waals surface area contributed by atoms with E-state index >= 15 is 0 Å². The van der Waals surface area contributed by atoms with E-state index in [1.165, 1.54) is 0 Å². The molecular formula is C26H43Cl2N5O4S. The summed E-state index contributed by atoms with van der Waals surface area (Å²) >= 11 is 14.8. The average molecular weight is 593 g/mol. The number of thioether (sulfide) groups is 1. The normalized spacial score (nSPS) is 45.6. The summed E-state index contributed by atoms with van der Waals surface area (Å²) in [5.41, 5.74) is -0.254. The van der Waals surface area contributed by atoms with E-state index in [2.05, 4.69) is 28.2 Å². The lowest BCUT2D eigenvalue weighted by Crippen LogP contribution is -2.57. The second kappa shape index (κ2) is 12.7. The van der Waals surface area contributed by atoms with Gasteiger partial charge in [0, 0.05) is 57.7 Å². The summed E-state index contributed by atoms with van der Waals surface area (Å²) in [5.74, 6) is 0.318. The van der Waals surface area contributed by atoms with E-state index in [1.54, 1.807) is 26.0 Å². The van der Waals surface area contributed by atoms with Gasteiger partial charge in [0.2, 0.25) is 11.8 Å². The summed E-state index contributed by atoms with van der Waals surface area (Å²) in [7, 11) is 3.42. The maximum absolute atomic E-state index is 13.6. The van der Waals surface area contributed by atoms with Crippen LogP contribution in [0.25, 0.3) is 0 Å². The van der Waals surface area contributed by atoms with Crippen LogP contribution in [0.15, 0.2) is 0 Å². The Bertz CT molecular complexity index is 846. The Hall–Kier alpha value is -0.330. The third-order valence-corrected chi connectivity index (χ3v) is 11.7. The van der Waals surface area contributed by atoms with Gasteiger partial charge in [-0.05, 0) is 50.9 Å². The summed E-state index contributed by atoms with van der Waals surface area (Å²) in [6, 6.07) is 0.507. The van der Waals surface area contributed by atoms with Crippen LogP contribution in [0.3, 0.4) is 0 Å². The van der Waals surface area contributed by atoms with Gasteiger partial charge in [0.25, 0.3) is 0 Å². The number of nitrogens with zero attached hydrogens (tertiary/aromatic N) is 1. The van der Waals surface area contributed by atoms with E-state index in [0.717, 1.165) is 32.1 Å². The predicted molar refractivity (Wildman–Crippen MR) is 150 cm³/mol. The zero-order valence-electron chi connectivity index (χ0n) is 22.5. The molecule has 5 fully saturated rings. The number of fused-ring (bicyclic) bond motifs is 1. The second-order valence-electron chi connectivity index (χ2n) is 11.7. The van der Waals surface area contributed by atoms with E-state index < -0.39 is 0 Å². The highest BCUT2D eigenvalue weighted by Gasteiger charge is 2.48. The Balaban J connectivity index is 1.16. The van der Waals surface area contributed by atoms with Crippen molar-refractivity contribution in [2.24, 2.45) is 23.7 Å². The number of alkyl halides is 2. The van der Waals surface area contributed by atoms with Gasteiger partial charge >= 0.3 is 0 Å². The Morgan fingerprint density at radius 2 is 1.76 bits per heavy atom. The lowest BCUT2D eigenvalue weighted by atomic mass is 9.70. The molecule has 4 N–H and O–H groups in total. The molecule has 0 spiro atoms. The second-order valence-corrected chi connectivity index (χ2v) is 14.1. The minimum Gasteiger partial charge on any atom is -0.380 e. The number of hydrogen-bond donors (Lipinski definition) is 4. The standard InChI is InChI=1S/C26H43Cl2N5O4S/c1-13-7-15(16-8-22(27)30-10-20(16)37-3)17(9-29-13)24(34)32-26-31-18-11-33(12-21(18)38-26)25(35)14-5-4-6-19(36-2)23(14)28/h13-23,26,29-31H,4-12H2,1-3H3,(H,32,34). The maximum Gasteiger partial charge on any atom is 0.227 e. The molecule has 0 aromatic rings. The van der Waals surface area contributed by atoms with Crippen LogP contribution in [0.4, 0.5) is 0 Å². The van der Waals surface area contributed by atoms with E-state index in [4.69, 9.17) is 32.7 Å². The van der Waals surface area contributed by atoms with Gasteiger partial charge < -0.3 is 25.0 Å². The maximum atomic E-state index is 13.6. The van der Waals surface area contributed by atoms with Gasteiger partial charge in [0.15, 0.2) is 0 Å². The van der Waals surface area contributed by atoms with Crippen molar-refractivity contribution in [2.75, 3.05) is 40.4 Å². The van der Waals surface area contributed by atoms with Crippen LogP contribution in [0.2, 0.25) is 0 Å². The van der Waals surface area contributed by atoms with Gasteiger partial charge in [-0.15, -0.1) is 35.0 Å². The number of nitrogens with one attached hydrogen (secondary N) is 4. The molecule has 4 aliphatic heterocycles. The van der Waals surface area contributed by atoms with Gasteiger partial charge in [-0.25, -0.2) is 0 Å². The smallest absolute Gasteiger partial charge is 0.227 e. The summed E-state index contributed by atoms with van der Waals surface area (Å²) in [4.78, 5) is 28.9. The molecule has 5 aliphatic rings. The Labute approximate surface area is 240 Å². The molecule has 0 radical (unpaired) electrons. The fourth-order valence-corrected chi connectivity index (χ4v) is 9.47. The van der Waals surface area contributed by atoms with Gasteiger partial charge in [-0.2, -0.15) is 0 Å². The van der Waals surface area contributed by atoms with Crippen LogP contribution in [0.5, 0.6) is 0 Å². The Morgan fingerprint density at radius 1 is 0.974 bits per heavy atom. The third kappa shape index (κ3) is 6.12.